The highest BCUT2D eigenvalue weighted by atomic mass is 19.1. The normalized spacial score (nSPS) is 9.89. The summed E-state index contributed by atoms with van der Waals surface area (Å²) < 4.78 is 25.8. The zero-order valence-corrected chi connectivity index (χ0v) is 9.28. The lowest BCUT2D eigenvalue weighted by molar-refractivity contribution is 0.0961. The molecule has 3 nitrogen and oxygen atoms in total. The minimum absolute atomic E-state index is 0.0871. The topological polar surface area (TPSA) is 41.1 Å². The SMILES string of the molecule is O=C(NNc1ccccc1)c1cc(F)cc(F)c1. The average Bonchev–Trinajstić information content (AvgIpc) is 2.36. The second-order valence-electron chi connectivity index (χ2n) is 3.60. The van der Waals surface area contributed by atoms with Crippen LogP contribution in [0.2, 0.25) is 0 Å². The molecule has 2 rings (SSSR count). The smallest absolute Gasteiger partial charge is 0.269 e. The number of carbonyl (C=O) groups excluding carboxylic acids is 1. The fraction of sp³-hybridized carbons (Fsp3) is 0. The molecule has 0 atom stereocenters. The van der Waals surface area contributed by atoms with Crippen molar-refractivity contribution in [3.8, 4) is 0 Å². The van der Waals surface area contributed by atoms with Crippen LogP contribution < -0.4 is 10.9 Å². The fourth-order valence-corrected chi connectivity index (χ4v) is 1.41. The number of hydrazine groups is 1. The van der Waals surface area contributed by atoms with Crippen LogP contribution in [0.25, 0.3) is 0 Å². The molecule has 0 fully saturated rings. The number of benzene rings is 2. The van der Waals surface area contributed by atoms with Gasteiger partial charge in [0.05, 0.1) is 5.69 Å². The van der Waals surface area contributed by atoms with Crippen molar-refractivity contribution in [1.29, 1.82) is 0 Å². The highest BCUT2D eigenvalue weighted by molar-refractivity contribution is 5.94. The summed E-state index contributed by atoms with van der Waals surface area (Å²) in [5.74, 6) is -2.20. The van der Waals surface area contributed by atoms with E-state index in [0.29, 0.717) is 11.8 Å². The van der Waals surface area contributed by atoms with E-state index in [1.807, 2.05) is 6.07 Å². The molecule has 18 heavy (non-hydrogen) atoms. The highest BCUT2D eigenvalue weighted by Gasteiger charge is 2.08. The number of carbonyl (C=O) groups is 1. The van der Waals surface area contributed by atoms with Gasteiger partial charge in [0.1, 0.15) is 11.6 Å². The summed E-state index contributed by atoms with van der Waals surface area (Å²) in [4.78, 5) is 11.6. The molecule has 92 valence electrons. The number of hydrogen-bond donors (Lipinski definition) is 2. The van der Waals surface area contributed by atoms with E-state index < -0.39 is 17.5 Å². The predicted octanol–water partition coefficient (Wildman–Crippen LogP) is 2.72. The predicted molar refractivity (Wildman–Crippen MR) is 63.9 cm³/mol. The maximum atomic E-state index is 12.9. The van der Waals surface area contributed by atoms with Gasteiger partial charge in [-0.2, -0.15) is 0 Å². The zero-order valence-electron chi connectivity index (χ0n) is 9.28. The third-order valence-electron chi connectivity index (χ3n) is 2.22. The molecule has 0 aliphatic carbocycles. The quantitative estimate of drug-likeness (QED) is 0.820. The lowest BCUT2D eigenvalue weighted by Gasteiger charge is -2.08. The molecule has 2 aromatic carbocycles. The van der Waals surface area contributed by atoms with Gasteiger partial charge in [-0.3, -0.25) is 15.6 Å². The Morgan fingerprint density at radius 3 is 2.17 bits per heavy atom. The van der Waals surface area contributed by atoms with Crippen molar-refractivity contribution in [1.82, 2.24) is 5.43 Å². The zero-order chi connectivity index (χ0) is 13.0. The first-order chi connectivity index (χ1) is 8.65. The van der Waals surface area contributed by atoms with Gasteiger partial charge < -0.3 is 0 Å². The number of rotatable bonds is 3. The summed E-state index contributed by atoms with van der Waals surface area (Å²) in [6.45, 7) is 0. The number of halogens is 2. The Kier molecular flexibility index (Phi) is 3.52. The summed E-state index contributed by atoms with van der Waals surface area (Å²) in [6.07, 6.45) is 0. The van der Waals surface area contributed by atoms with E-state index in [1.54, 1.807) is 24.3 Å². The summed E-state index contributed by atoms with van der Waals surface area (Å²) in [6, 6.07) is 11.5. The standard InChI is InChI=1S/C13H10F2N2O/c14-10-6-9(7-11(15)8-10)13(18)17-16-12-4-2-1-3-5-12/h1-8,16H,(H,17,18). The molecule has 0 saturated heterocycles. The van der Waals surface area contributed by atoms with E-state index in [4.69, 9.17) is 0 Å². The molecule has 0 saturated carbocycles. The number of hydrogen-bond acceptors (Lipinski definition) is 2. The number of nitrogens with one attached hydrogen (secondary N) is 2. The van der Waals surface area contributed by atoms with Crippen molar-refractivity contribution < 1.29 is 13.6 Å². The Morgan fingerprint density at radius 1 is 0.944 bits per heavy atom. The second-order valence-corrected chi connectivity index (χ2v) is 3.60. The van der Waals surface area contributed by atoms with E-state index in [1.165, 1.54) is 0 Å². The lowest BCUT2D eigenvalue weighted by Crippen LogP contribution is -2.29. The molecule has 5 heteroatoms. The third-order valence-corrected chi connectivity index (χ3v) is 2.22. The van der Waals surface area contributed by atoms with Gasteiger partial charge in [-0.1, -0.05) is 18.2 Å². The lowest BCUT2D eigenvalue weighted by atomic mass is 10.2. The van der Waals surface area contributed by atoms with Gasteiger partial charge in [0.15, 0.2) is 0 Å². The fourth-order valence-electron chi connectivity index (χ4n) is 1.41. The maximum absolute atomic E-state index is 12.9. The molecule has 2 aromatic rings. The monoisotopic (exact) mass is 248 g/mol. The van der Waals surface area contributed by atoms with Gasteiger partial charge >= 0.3 is 0 Å². The Hall–Kier alpha value is -2.43. The van der Waals surface area contributed by atoms with E-state index >= 15 is 0 Å². The van der Waals surface area contributed by atoms with Crippen LogP contribution >= 0.6 is 0 Å². The molecule has 0 heterocycles. The van der Waals surface area contributed by atoms with Crippen LogP contribution in [0.4, 0.5) is 14.5 Å². The average molecular weight is 248 g/mol. The summed E-state index contributed by atoms with van der Waals surface area (Å²) in [5, 5.41) is 0. The maximum Gasteiger partial charge on any atom is 0.269 e. The van der Waals surface area contributed by atoms with E-state index in [9.17, 15) is 13.6 Å². The minimum atomic E-state index is -0.792. The molecule has 0 radical (unpaired) electrons. The van der Waals surface area contributed by atoms with Crippen molar-refractivity contribution in [3.05, 3.63) is 65.7 Å². The van der Waals surface area contributed by atoms with E-state index in [-0.39, 0.29) is 5.56 Å². The number of amides is 1. The van der Waals surface area contributed by atoms with Crippen molar-refractivity contribution >= 4 is 11.6 Å². The molecular formula is C13H10F2N2O. The first-order valence-electron chi connectivity index (χ1n) is 5.22. The van der Waals surface area contributed by atoms with Crippen LogP contribution in [0.1, 0.15) is 10.4 Å². The van der Waals surface area contributed by atoms with E-state index in [2.05, 4.69) is 10.9 Å². The summed E-state index contributed by atoms with van der Waals surface area (Å²) in [5.41, 5.74) is 5.57. The van der Waals surface area contributed by atoms with Crippen LogP contribution in [-0.4, -0.2) is 5.91 Å². The second kappa shape index (κ2) is 5.27. The highest BCUT2D eigenvalue weighted by Crippen LogP contribution is 2.08. The van der Waals surface area contributed by atoms with E-state index in [0.717, 1.165) is 12.1 Å². The molecule has 0 bridgehead atoms. The molecule has 0 aromatic heterocycles. The minimum Gasteiger partial charge on any atom is -0.298 e. The first-order valence-corrected chi connectivity index (χ1v) is 5.22. The van der Waals surface area contributed by atoms with Gasteiger partial charge in [-0.25, -0.2) is 8.78 Å². The van der Waals surface area contributed by atoms with Crippen molar-refractivity contribution in [2.45, 2.75) is 0 Å². The van der Waals surface area contributed by atoms with Crippen LogP contribution in [-0.2, 0) is 0 Å². The molecule has 0 spiro atoms. The Bertz CT molecular complexity index is 538. The Morgan fingerprint density at radius 2 is 1.56 bits per heavy atom. The first kappa shape index (κ1) is 12.0. The molecule has 1 amide bonds. The summed E-state index contributed by atoms with van der Waals surface area (Å²) in [7, 11) is 0. The van der Waals surface area contributed by atoms with Crippen LogP contribution in [0.5, 0.6) is 0 Å². The molecular weight excluding hydrogens is 238 g/mol. The van der Waals surface area contributed by atoms with Gasteiger partial charge in [-0.05, 0) is 24.3 Å². The van der Waals surface area contributed by atoms with Crippen LogP contribution in [0.3, 0.4) is 0 Å². The molecule has 0 aliphatic rings. The van der Waals surface area contributed by atoms with Crippen LogP contribution in [0.15, 0.2) is 48.5 Å². The third kappa shape index (κ3) is 3.04. The van der Waals surface area contributed by atoms with Crippen molar-refractivity contribution in [2.75, 3.05) is 5.43 Å². The van der Waals surface area contributed by atoms with Gasteiger partial charge in [0, 0.05) is 11.6 Å². The number of para-hydroxylation sites is 1. The molecule has 0 aliphatic heterocycles. The summed E-state index contributed by atoms with van der Waals surface area (Å²) >= 11 is 0. The Balaban J connectivity index is 2.04. The van der Waals surface area contributed by atoms with Crippen LogP contribution in [0, 0.1) is 11.6 Å². The van der Waals surface area contributed by atoms with Crippen molar-refractivity contribution in [3.63, 3.8) is 0 Å². The van der Waals surface area contributed by atoms with Gasteiger partial charge in [0.2, 0.25) is 0 Å². The Labute approximate surface area is 102 Å². The number of anilines is 1. The molecule has 0 unspecified atom stereocenters. The van der Waals surface area contributed by atoms with Crippen molar-refractivity contribution in [2.24, 2.45) is 0 Å². The molecule has 2 N–H and O–H groups in total. The van der Waals surface area contributed by atoms with Gasteiger partial charge in [0.25, 0.3) is 5.91 Å². The van der Waals surface area contributed by atoms with Gasteiger partial charge in [-0.15, -0.1) is 0 Å². The largest absolute Gasteiger partial charge is 0.298 e.